The normalized spacial score (nSPS) is 31.9. The Morgan fingerprint density at radius 1 is 1.18 bits per heavy atom. The van der Waals surface area contributed by atoms with Crippen LogP contribution in [0.4, 0.5) is 17.6 Å². The van der Waals surface area contributed by atoms with Crippen LogP contribution in [0.1, 0.15) is 33.6 Å². The van der Waals surface area contributed by atoms with Gasteiger partial charge in [0.2, 0.25) is 23.6 Å². The SMILES string of the molecule is CC(C)(C)[C@H](NC(=O)C(F)(F)Cl)C(=O)N1C[C@H]2[C@@H]([C@H]1C(=O)N[C@@H](C[C@@H]1CCNC1=O)C(N)=O)[C@H]1C=C[C@@H]2C1(F)F. The number of fused-ring (bicyclic) bond motifs is 5. The average molecular weight is 594 g/mol. The van der Waals surface area contributed by atoms with E-state index in [1.54, 1.807) is 0 Å². The number of rotatable bonds is 8. The fraction of sp³-hybridized carbons (Fsp3) is 0.720. The molecule has 2 heterocycles. The first-order valence-corrected chi connectivity index (χ1v) is 13.3. The third-order valence-corrected chi connectivity index (χ3v) is 8.61. The van der Waals surface area contributed by atoms with Crippen LogP contribution in [0.2, 0.25) is 0 Å². The Labute approximate surface area is 232 Å². The number of hydrogen-bond donors (Lipinski definition) is 4. The Kier molecular flexibility index (Phi) is 7.65. The maximum Gasteiger partial charge on any atom is 0.399 e. The third-order valence-electron chi connectivity index (χ3n) is 8.43. The van der Waals surface area contributed by atoms with Gasteiger partial charge in [-0.3, -0.25) is 24.0 Å². The second-order valence-electron chi connectivity index (χ2n) is 12.0. The highest BCUT2D eigenvalue weighted by Gasteiger charge is 2.70. The van der Waals surface area contributed by atoms with Crippen LogP contribution in [0.15, 0.2) is 12.2 Å². The van der Waals surface area contributed by atoms with E-state index in [0.717, 1.165) is 4.90 Å². The van der Waals surface area contributed by atoms with Crippen LogP contribution in [-0.4, -0.2) is 77.0 Å². The molecular formula is C25H32ClF4N5O5. The summed E-state index contributed by atoms with van der Waals surface area (Å²) in [4.78, 5) is 64.8. The number of carbonyl (C=O) groups excluding carboxylic acids is 5. The van der Waals surface area contributed by atoms with Crippen molar-refractivity contribution in [3.8, 4) is 0 Å². The van der Waals surface area contributed by atoms with Crippen molar-refractivity contribution in [2.45, 2.75) is 63.0 Å². The van der Waals surface area contributed by atoms with E-state index in [2.05, 4.69) is 10.6 Å². The van der Waals surface area contributed by atoms with Gasteiger partial charge in [-0.25, -0.2) is 8.78 Å². The lowest BCUT2D eigenvalue weighted by Crippen LogP contribution is -2.61. The van der Waals surface area contributed by atoms with E-state index in [0.29, 0.717) is 13.0 Å². The zero-order valence-corrected chi connectivity index (χ0v) is 22.8. The van der Waals surface area contributed by atoms with E-state index in [-0.39, 0.29) is 18.9 Å². The lowest BCUT2D eigenvalue weighted by atomic mass is 9.81. The number of nitrogens with two attached hydrogens (primary N) is 1. The van der Waals surface area contributed by atoms with Gasteiger partial charge in [0.15, 0.2) is 0 Å². The van der Waals surface area contributed by atoms with Gasteiger partial charge in [-0.2, -0.15) is 8.78 Å². The molecule has 0 aromatic rings. The molecular weight excluding hydrogens is 562 g/mol. The second kappa shape index (κ2) is 10.2. The van der Waals surface area contributed by atoms with Crippen molar-refractivity contribution in [3.05, 3.63) is 12.2 Å². The summed E-state index contributed by atoms with van der Waals surface area (Å²) in [5, 5.41) is 2.67. The van der Waals surface area contributed by atoms with Crippen molar-refractivity contribution in [1.82, 2.24) is 20.9 Å². The maximum atomic E-state index is 15.1. The van der Waals surface area contributed by atoms with Crippen LogP contribution < -0.4 is 21.7 Å². The van der Waals surface area contributed by atoms with Crippen LogP contribution in [0.3, 0.4) is 0 Å². The van der Waals surface area contributed by atoms with Gasteiger partial charge < -0.3 is 26.6 Å². The van der Waals surface area contributed by atoms with Gasteiger partial charge in [-0.15, -0.1) is 0 Å². The highest BCUT2D eigenvalue weighted by atomic mass is 35.5. The van der Waals surface area contributed by atoms with Crippen LogP contribution in [0, 0.1) is 35.0 Å². The van der Waals surface area contributed by atoms with Gasteiger partial charge in [0.1, 0.15) is 18.1 Å². The fourth-order valence-electron chi connectivity index (χ4n) is 6.48. The van der Waals surface area contributed by atoms with Crippen LogP contribution in [0.25, 0.3) is 0 Å². The Bertz CT molecular complexity index is 1140. The van der Waals surface area contributed by atoms with E-state index >= 15 is 8.78 Å². The van der Waals surface area contributed by atoms with Gasteiger partial charge in [0.25, 0.3) is 5.92 Å². The summed E-state index contributed by atoms with van der Waals surface area (Å²) in [6.07, 6.45) is 2.91. The van der Waals surface area contributed by atoms with E-state index in [4.69, 9.17) is 17.3 Å². The van der Waals surface area contributed by atoms with E-state index in [9.17, 15) is 32.8 Å². The molecule has 0 aromatic heterocycles. The monoisotopic (exact) mass is 593 g/mol. The Morgan fingerprint density at radius 2 is 1.80 bits per heavy atom. The predicted molar refractivity (Wildman–Crippen MR) is 133 cm³/mol. The Balaban J connectivity index is 1.65. The summed E-state index contributed by atoms with van der Waals surface area (Å²) in [6, 6.07) is -4.46. The average Bonchev–Trinajstić information content (AvgIpc) is 3.54. The molecule has 10 nitrogen and oxygen atoms in total. The smallest absolute Gasteiger partial charge is 0.368 e. The number of likely N-dealkylation sites (tertiary alicyclic amines) is 1. The van der Waals surface area contributed by atoms with Crippen molar-refractivity contribution in [2.24, 2.45) is 40.7 Å². The highest BCUT2D eigenvalue weighted by molar-refractivity contribution is 6.32. The number of carbonyl (C=O) groups is 5. The molecule has 15 heteroatoms. The molecule has 0 aromatic carbocycles. The lowest BCUT2D eigenvalue weighted by Gasteiger charge is -2.37. The number of alkyl halides is 5. The first-order chi connectivity index (χ1) is 18.4. The minimum absolute atomic E-state index is 0.130. The lowest BCUT2D eigenvalue weighted by molar-refractivity contribution is -0.149. The Hall–Kier alpha value is -2.90. The zero-order chi connectivity index (χ0) is 29.9. The van der Waals surface area contributed by atoms with E-state index in [1.165, 1.54) is 32.9 Å². The zero-order valence-electron chi connectivity index (χ0n) is 22.1. The molecule has 1 saturated carbocycles. The highest BCUT2D eigenvalue weighted by Crippen LogP contribution is 2.61. The van der Waals surface area contributed by atoms with E-state index in [1.807, 2.05) is 5.32 Å². The number of halogens is 5. The molecule has 40 heavy (non-hydrogen) atoms. The fourth-order valence-corrected chi connectivity index (χ4v) is 6.53. The molecule has 2 bridgehead atoms. The summed E-state index contributed by atoms with van der Waals surface area (Å²) >= 11 is 4.85. The van der Waals surface area contributed by atoms with Crippen molar-refractivity contribution < 1.29 is 41.5 Å². The standard InChI is InChI=1S/C25H32ClF4N5O5/c1-23(2,3)17(34-22(40)25(26,29)30)21(39)35-9-11-12-4-5-13(24(12,27)28)15(11)16(35)20(38)33-14(18(31)36)8-10-6-7-32-19(10)37/h4-5,10-17H,6-9H2,1-3H3,(H2,31,36)(H,32,37)(H,33,38)(H,34,40)/t10-,11+,12-,13+,14-,15+,16-,17+/m0/s1. The van der Waals surface area contributed by atoms with Crippen LogP contribution in [-0.2, 0) is 24.0 Å². The minimum atomic E-state index is -4.33. The molecule has 5 amide bonds. The quantitative estimate of drug-likeness (QED) is 0.186. The second-order valence-corrected chi connectivity index (χ2v) is 12.5. The number of amides is 5. The summed E-state index contributed by atoms with van der Waals surface area (Å²) in [5.41, 5.74) is 4.33. The van der Waals surface area contributed by atoms with E-state index < -0.39 is 88.1 Å². The van der Waals surface area contributed by atoms with Crippen LogP contribution in [0.5, 0.6) is 0 Å². The molecule has 4 rings (SSSR count). The molecule has 4 aliphatic rings. The molecule has 2 aliphatic carbocycles. The molecule has 0 spiro atoms. The molecule has 2 aliphatic heterocycles. The van der Waals surface area contributed by atoms with Crippen molar-refractivity contribution in [3.63, 3.8) is 0 Å². The van der Waals surface area contributed by atoms with Gasteiger partial charge >= 0.3 is 11.3 Å². The largest absolute Gasteiger partial charge is 0.399 e. The number of nitrogens with one attached hydrogen (secondary N) is 3. The van der Waals surface area contributed by atoms with Gasteiger partial charge in [-0.1, -0.05) is 32.9 Å². The third kappa shape index (κ3) is 5.26. The topological polar surface area (TPSA) is 151 Å². The van der Waals surface area contributed by atoms with Crippen molar-refractivity contribution in [2.75, 3.05) is 13.1 Å². The molecule has 8 atom stereocenters. The predicted octanol–water partition coefficient (Wildman–Crippen LogP) is 0.740. The summed E-state index contributed by atoms with van der Waals surface area (Å²) < 4.78 is 57.1. The number of nitrogens with zero attached hydrogens (tertiary/aromatic N) is 1. The summed E-state index contributed by atoms with van der Waals surface area (Å²) in [5.74, 6) is -13.4. The maximum absolute atomic E-state index is 15.1. The van der Waals surface area contributed by atoms with Gasteiger partial charge in [-0.05, 0) is 35.8 Å². The Morgan fingerprint density at radius 3 is 2.33 bits per heavy atom. The first-order valence-electron chi connectivity index (χ1n) is 13.0. The van der Waals surface area contributed by atoms with Gasteiger partial charge in [0.05, 0.1) is 0 Å². The molecule has 5 N–H and O–H groups in total. The number of hydrogen-bond acceptors (Lipinski definition) is 5. The van der Waals surface area contributed by atoms with Crippen molar-refractivity contribution >= 4 is 41.1 Å². The summed E-state index contributed by atoms with van der Waals surface area (Å²) in [6.45, 7) is 4.54. The number of allylic oxidation sites excluding steroid dienone is 2. The molecule has 0 unspecified atom stereocenters. The van der Waals surface area contributed by atoms with Crippen LogP contribution >= 0.6 is 11.6 Å². The molecule has 2 saturated heterocycles. The first kappa shape index (κ1) is 30.1. The molecule has 222 valence electrons. The van der Waals surface area contributed by atoms with Gasteiger partial charge in [0, 0.05) is 36.8 Å². The number of primary amides is 1. The summed E-state index contributed by atoms with van der Waals surface area (Å²) in [7, 11) is 0. The molecule has 0 radical (unpaired) electrons. The minimum Gasteiger partial charge on any atom is -0.368 e. The molecule has 3 fully saturated rings. The van der Waals surface area contributed by atoms with Crippen molar-refractivity contribution in [1.29, 1.82) is 0 Å².